The van der Waals surface area contributed by atoms with E-state index in [0.717, 1.165) is 23.4 Å². The van der Waals surface area contributed by atoms with Crippen LogP contribution in [0.2, 0.25) is 0 Å². The number of rotatable bonds is 5. The highest BCUT2D eigenvalue weighted by Gasteiger charge is 2.31. The van der Waals surface area contributed by atoms with Crippen LogP contribution in [0.25, 0.3) is 0 Å². The van der Waals surface area contributed by atoms with E-state index >= 15 is 0 Å². The largest absolute Gasteiger partial charge is 0.405 e. The van der Waals surface area contributed by atoms with Gasteiger partial charge in [-0.1, -0.05) is 0 Å². The lowest BCUT2D eigenvalue weighted by Gasteiger charge is -2.37. The van der Waals surface area contributed by atoms with Crippen molar-refractivity contribution in [3.05, 3.63) is 20.8 Å². The Balaban J connectivity index is 1.75. The lowest BCUT2D eigenvalue weighted by atomic mass is 10.2. The Morgan fingerprint density at radius 2 is 2.00 bits per heavy atom. The third-order valence-corrected chi connectivity index (χ3v) is 5.41. The van der Waals surface area contributed by atoms with Gasteiger partial charge in [-0.2, -0.15) is 13.2 Å². The molecular formula is C14H19BrF3N3OS. The molecule has 4 nitrogen and oxygen atoms in total. The standard InChI is InChI=1S/C14H19BrF3N3OS/c1-10(13(22)19-9-14(16,17)18)21-6-4-20(5-7-21)8-11-2-3-12(15)23-11/h2-3,10H,4-9H2,1H3,(H,19,22). The summed E-state index contributed by atoms with van der Waals surface area (Å²) in [5.41, 5.74) is 0. The SMILES string of the molecule is CC(C(=O)NCC(F)(F)F)N1CCN(Cc2ccc(Br)s2)CC1. The third-order valence-electron chi connectivity index (χ3n) is 3.81. The molecule has 1 saturated heterocycles. The number of hydrogen-bond acceptors (Lipinski definition) is 4. The van der Waals surface area contributed by atoms with Crippen LogP contribution < -0.4 is 5.32 Å². The number of alkyl halides is 3. The summed E-state index contributed by atoms with van der Waals surface area (Å²) >= 11 is 5.13. The molecule has 1 aromatic rings. The highest BCUT2D eigenvalue weighted by molar-refractivity contribution is 9.11. The van der Waals surface area contributed by atoms with Crippen molar-refractivity contribution in [1.29, 1.82) is 0 Å². The molecule has 0 bridgehead atoms. The predicted molar refractivity (Wildman–Crippen MR) is 87.4 cm³/mol. The number of carbonyl (C=O) groups excluding carboxylic acids is 1. The highest BCUT2D eigenvalue weighted by atomic mass is 79.9. The van der Waals surface area contributed by atoms with Crippen LogP contribution in [-0.4, -0.2) is 60.6 Å². The van der Waals surface area contributed by atoms with Crippen LogP contribution in [0.1, 0.15) is 11.8 Å². The van der Waals surface area contributed by atoms with E-state index < -0.39 is 24.7 Å². The number of nitrogens with zero attached hydrogens (tertiary/aromatic N) is 2. The molecule has 2 heterocycles. The molecule has 2 rings (SSSR count). The normalized spacial score (nSPS) is 18.8. The first-order chi connectivity index (χ1) is 10.7. The van der Waals surface area contributed by atoms with Gasteiger partial charge in [0.05, 0.1) is 9.83 Å². The van der Waals surface area contributed by atoms with Crippen molar-refractivity contribution in [2.24, 2.45) is 0 Å². The molecule has 0 aliphatic carbocycles. The topological polar surface area (TPSA) is 35.6 Å². The van der Waals surface area contributed by atoms with Crippen molar-refractivity contribution in [2.45, 2.75) is 25.7 Å². The fraction of sp³-hybridized carbons (Fsp3) is 0.643. The summed E-state index contributed by atoms with van der Waals surface area (Å²) in [7, 11) is 0. The molecule has 1 amide bonds. The second-order valence-corrected chi connectivity index (χ2v) is 8.07. The van der Waals surface area contributed by atoms with Crippen molar-refractivity contribution in [1.82, 2.24) is 15.1 Å². The van der Waals surface area contributed by atoms with Crippen LogP contribution in [0.5, 0.6) is 0 Å². The van der Waals surface area contributed by atoms with Crippen molar-refractivity contribution in [3.8, 4) is 0 Å². The summed E-state index contributed by atoms with van der Waals surface area (Å²) in [5, 5.41) is 1.95. The zero-order valence-electron chi connectivity index (χ0n) is 12.7. The molecule has 1 aliphatic heterocycles. The molecule has 1 aromatic heterocycles. The minimum absolute atomic E-state index is 0.546. The third kappa shape index (κ3) is 6.06. The Labute approximate surface area is 145 Å². The van der Waals surface area contributed by atoms with Crippen molar-refractivity contribution in [3.63, 3.8) is 0 Å². The fourth-order valence-corrected chi connectivity index (χ4v) is 3.99. The quantitative estimate of drug-likeness (QED) is 0.805. The van der Waals surface area contributed by atoms with Crippen molar-refractivity contribution >= 4 is 33.2 Å². The van der Waals surface area contributed by atoms with Crippen molar-refractivity contribution < 1.29 is 18.0 Å². The Hall–Kier alpha value is -0.640. The maximum Gasteiger partial charge on any atom is 0.405 e. The van der Waals surface area contributed by atoms with Gasteiger partial charge in [-0.3, -0.25) is 14.6 Å². The molecule has 1 unspecified atom stereocenters. The highest BCUT2D eigenvalue weighted by Crippen LogP contribution is 2.23. The van der Waals surface area contributed by atoms with E-state index in [1.54, 1.807) is 18.3 Å². The van der Waals surface area contributed by atoms with Gasteiger partial charge in [0.2, 0.25) is 5.91 Å². The summed E-state index contributed by atoms with van der Waals surface area (Å²) in [5.74, 6) is -0.571. The molecule has 1 fully saturated rings. The minimum Gasteiger partial charge on any atom is -0.346 e. The molecule has 130 valence electrons. The first-order valence-corrected chi connectivity index (χ1v) is 8.90. The molecule has 23 heavy (non-hydrogen) atoms. The summed E-state index contributed by atoms with van der Waals surface area (Å²) in [6.45, 7) is 4.18. The lowest BCUT2D eigenvalue weighted by molar-refractivity contribution is -0.141. The van der Waals surface area contributed by atoms with Crippen molar-refractivity contribution in [2.75, 3.05) is 32.7 Å². The predicted octanol–water partition coefficient (Wildman–Crippen LogP) is 2.70. The van der Waals surface area contributed by atoms with E-state index in [2.05, 4.69) is 26.9 Å². The maximum atomic E-state index is 12.1. The van der Waals surface area contributed by atoms with E-state index in [0.29, 0.717) is 13.1 Å². The maximum absolute atomic E-state index is 12.1. The molecule has 0 radical (unpaired) electrons. The average molecular weight is 414 g/mol. The molecule has 1 N–H and O–H groups in total. The number of carbonyl (C=O) groups is 1. The van der Waals surface area contributed by atoms with Crippen LogP contribution in [0.3, 0.4) is 0 Å². The Kier molecular flexibility index (Phi) is 6.47. The van der Waals surface area contributed by atoms with Gasteiger partial charge in [-0.25, -0.2) is 0 Å². The molecule has 1 aliphatic rings. The molecule has 9 heteroatoms. The van der Waals surface area contributed by atoms with Gasteiger partial charge in [0.1, 0.15) is 6.54 Å². The second-order valence-electron chi connectivity index (χ2n) is 5.53. The summed E-state index contributed by atoms with van der Waals surface area (Å²) < 4.78 is 37.5. The van der Waals surface area contributed by atoms with E-state index in [1.165, 1.54) is 4.88 Å². The number of piperazine rings is 1. The Morgan fingerprint density at radius 1 is 1.35 bits per heavy atom. The summed E-state index contributed by atoms with van der Waals surface area (Å²) in [4.78, 5) is 17.3. The van der Waals surface area contributed by atoms with E-state index in [9.17, 15) is 18.0 Å². The second kappa shape index (κ2) is 7.96. The van der Waals surface area contributed by atoms with E-state index in [4.69, 9.17) is 0 Å². The van der Waals surface area contributed by atoms with Gasteiger partial charge in [0.25, 0.3) is 0 Å². The van der Waals surface area contributed by atoms with Crippen LogP contribution >= 0.6 is 27.3 Å². The number of halogens is 4. The number of hydrogen-bond donors (Lipinski definition) is 1. The zero-order chi connectivity index (χ0) is 17.0. The molecule has 0 spiro atoms. The monoisotopic (exact) mass is 413 g/mol. The van der Waals surface area contributed by atoms with Crippen LogP contribution in [0.15, 0.2) is 15.9 Å². The summed E-state index contributed by atoms with van der Waals surface area (Å²) in [6.07, 6.45) is -4.37. The van der Waals surface area contributed by atoms with Gasteiger partial charge in [0, 0.05) is 37.6 Å². The molecule has 1 atom stereocenters. The molecular weight excluding hydrogens is 395 g/mol. The van der Waals surface area contributed by atoms with Gasteiger partial charge in [0.15, 0.2) is 0 Å². The Bertz CT molecular complexity index is 530. The average Bonchev–Trinajstić information content (AvgIpc) is 2.89. The van der Waals surface area contributed by atoms with Gasteiger partial charge >= 0.3 is 6.18 Å². The number of amides is 1. The van der Waals surface area contributed by atoms with Crippen LogP contribution in [0.4, 0.5) is 13.2 Å². The number of nitrogens with one attached hydrogen (secondary N) is 1. The smallest absolute Gasteiger partial charge is 0.346 e. The van der Waals surface area contributed by atoms with Crippen LogP contribution in [-0.2, 0) is 11.3 Å². The van der Waals surface area contributed by atoms with Gasteiger partial charge < -0.3 is 5.32 Å². The lowest BCUT2D eigenvalue weighted by Crippen LogP contribution is -2.54. The number of thiophene rings is 1. The van der Waals surface area contributed by atoms with Gasteiger partial charge in [-0.05, 0) is 35.0 Å². The first kappa shape index (κ1) is 18.7. The fourth-order valence-electron chi connectivity index (χ4n) is 2.47. The van der Waals surface area contributed by atoms with Gasteiger partial charge in [-0.15, -0.1) is 11.3 Å². The first-order valence-electron chi connectivity index (χ1n) is 7.30. The van der Waals surface area contributed by atoms with E-state index in [1.807, 2.05) is 16.3 Å². The zero-order valence-corrected chi connectivity index (χ0v) is 15.1. The Morgan fingerprint density at radius 3 is 2.52 bits per heavy atom. The molecule has 0 saturated carbocycles. The molecule has 0 aromatic carbocycles. The summed E-state index contributed by atoms with van der Waals surface area (Å²) in [6, 6.07) is 3.55. The van der Waals surface area contributed by atoms with E-state index in [-0.39, 0.29) is 0 Å². The minimum atomic E-state index is -4.37. The van der Waals surface area contributed by atoms with Crippen LogP contribution in [0, 0.1) is 0 Å².